The van der Waals surface area contributed by atoms with Crippen LogP contribution in [-0.4, -0.2) is 43.8 Å². The second-order valence-corrected chi connectivity index (χ2v) is 6.42. The van der Waals surface area contributed by atoms with Crippen LogP contribution in [0.4, 0.5) is 4.39 Å². The molecule has 2 aromatic carbocycles. The molecular weight excluding hydrogens is 323 g/mol. The Labute approximate surface area is 145 Å². The van der Waals surface area contributed by atoms with Crippen molar-refractivity contribution < 1.29 is 23.6 Å². The summed E-state index contributed by atoms with van der Waals surface area (Å²) < 4.78 is 24.1. The molecule has 1 saturated heterocycles. The molecule has 4 rings (SSSR count). The van der Waals surface area contributed by atoms with Crippen molar-refractivity contribution in [1.82, 2.24) is 4.90 Å². The Kier molecular flexibility index (Phi) is 4.28. The lowest BCUT2D eigenvalue weighted by Gasteiger charge is -2.32. The molecule has 0 atom stereocenters. The highest BCUT2D eigenvalue weighted by atomic mass is 19.1. The van der Waals surface area contributed by atoms with Crippen molar-refractivity contribution in [3.63, 3.8) is 0 Å². The third-order valence-electron chi connectivity index (χ3n) is 4.72. The lowest BCUT2D eigenvalue weighted by atomic mass is 10.1. The normalized spacial score (nSPS) is 16.9. The molecule has 1 N–H and O–H groups in total. The van der Waals surface area contributed by atoms with E-state index in [0.717, 1.165) is 31.1 Å². The molecule has 130 valence electrons. The molecule has 0 bridgehead atoms. The van der Waals surface area contributed by atoms with Gasteiger partial charge < -0.3 is 19.3 Å². The number of hydrogen-bond donors (Lipinski definition) is 1. The van der Waals surface area contributed by atoms with Gasteiger partial charge in [0.15, 0.2) is 11.5 Å². The van der Waals surface area contributed by atoms with Crippen LogP contribution >= 0.6 is 0 Å². The second-order valence-electron chi connectivity index (χ2n) is 6.42. The summed E-state index contributed by atoms with van der Waals surface area (Å²) in [5.41, 5.74) is 1.61. The molecular formula is C19H20FN2O3+. The maximum absolute atomic E-state index is 13.3. The molecule has 2 heterocycles. The summed E-state index contributed by atoms with van der Waals surface area (Å²) in [6.45, 7) is 4.26. The number of carbonyl (C=O) groups excluding carboxylic acids is 1. The number of quaternary nitrogens is 1. The minimum absolute atomic E-state index is 0.0957. The largest absolute Gasteiger partial charge is 0.454 e. The zero-order chi connectivity index (χ0) is 17.2. The van der Waals surface area contributed by atoms with Gasteiger partial charge in [0.2, 0.25) is 6.79 Å². The second kappa shape index (κ2) is 6.72. The standard InChI is InChI=1S/C19H19FN2O3/c20-16-3-1-2-15(11-16)19(23)22-8-6-21(7-9-22)12-14-4-5-17-18(10-14)25-13-24-17/h1-5,10-11H,6-9,12-13H2/p+1. The van der Waals surface area contributed by atoms with Crippen LogP contribution in [0.15, 0.2) is 42.5 Å². The minimum atomic E-state index is -0.377. The van der Waals surface area contributed by atoms with E-state index in [0.29, 0.717) is 18.7 Å². The minimum Gasteiger partial charge on any atom is -0.454 e. The van der Waals surface area contributed by atoms with Crippen LogP contribution in [0.1, 0.15) is 15.9 Å². The third kappa shape index (κ3) is 3.44. The van der Waals surface area contributed by atoms with Crippen LogP contribution in [-0.2, 0) is 6.54 Å². The van der Waals surface area contributed by atoms with Gasteiger partial charge in [-0.05, 0) is 36.4 Å². The quantitative estimate of drug-likeness (QED) is 0.908. The molecule has 2 aromatic rings. The Balaban J connectivity index is 1.34. The first-order chi connectivity index (χ1) is 12.2. The first-order valence-electron chi connectivity index (χ1n) is 8.46. The summed E-state index contributed by atoms with van der Waals surface area (Å²) >= 11 is 0. The van der Waals surface area contributed by atoms with Crippen molar-refractivity contribution in [3.05, 3.63) is 59.4 Å². The molecule has 25 heavy (non-hydrogen) atoms. The highest BCUT2D eigenvalue weighted by Crippen LogP contribution is 2.32. The molecule has 0 aliphatic carbocycles. The molecule has 2 aliphatic heterocycles. The predicted octanol–water partition coefficient (Wildman–Crippen LogP) is 1.10. The summed E-state index contributed by atoms with van der Waals surface area (Å²) in [6.07, 6.45) is 0. The lowest BCUT2D eigenvalue weighted by Crippen LogP contribution is -3.13. The van der Waals surface area contributed by atoms with Gasteiger partial charge in [-0.3, -0.25) is 4.79 Å². The summed E-state index contributed by atoms with van der Waals surface area (Å²) in [4.78, 5) is 15.7. The van der Waals surface area contributed by atoms with Gasteiger partial charge >= 0.3 is 0 Å². The Morgan fingerprint density at radius 2 is 1.88 bits per heavy atom. The van der Waals surface area contributed by atoms with Crippen molar-refractivity contribution in [1.29, 1.82) is 0 Å². The number of benzene rings is 2. The summed E-state index contributed by atoms with van der Waals surface area (Å²) in [6, 6.07) is 11.9. The monoisotopic (exact) mass is 343 g/mol. The number of rotatable bonds is 3. The molecule has 5 nitrogen and oxygen atoms in total. The number of hydrogen-bond acceptors (Lipinski definition) is 3. The molecule has 1 fully saturated rings. The number of fused-ring (bicyclic) bond motifs is 1. The van der Waals surface area contributed by atoms with Crippen LogP contribution in [0.5, 0.6) is 11.5 Å². The van der Waals surface area contributed by atoms with Crippen LogP contribution in [0.3, 0.4) is 0 Å². The smallest absolute Gasteiger partial charge is 0.254 e. The van der Waals surface area contributed by atoms with E-state index >= 15 is 0 Å². The third-order valence-corrected chi connectivity index (χ3v) is 4.72. The SMILES string of the molecule is O=C(c1cccc(F)c1)N1CC[NH+](Cc2ccc3c(c2)OCO3)CC1. The molecule has 1 amide bonds. The van der Waals surface area contributed by atoms with Crippen molar-refractivity contribution in [2.45, 2.75) is 6.54 Å². The number of nitrogens with one attached hydrogen (secondary N) is 1. The number of halogens is 1. The fourth-order valence-corrected chi connectivity index (χ4v) is 3.35. The van der Waals surface area contributed by atoms with Gasteiger partial charge in [-0.15, -0.1) is 0 Å². The van der Waals surface area contributed by atoms with Crippen molar-refractivity contribution >= 4 is 5.91 Å². The summed E-state index contributed by atoms with van der Waals surface area (Å²) in [5, 5.41) is 0. The molecule has 0 radical (unpaired) electrons. The van der Waals surface area contributed by atoms with E-state index in [1.807, 2.05) is 12.1 Å². The van der Waals surface area contributed by atoms with Gasteiger partial charge in [0.1, 0.15) is 12.4 Å². The van der Waals surface area contributed by atoms with Crippen LogP contribution in [0.25, 0.3) is 0 Å². The Hall–Kier alpha value is -2.60. The molecule has 0 saturated carbocycles. The summed E-state index contributed by atoms with van der Waals surface area (Å²) in [5.74, 6) is 1.13. The van der Waals surface area contributed by atoms with Gasteiger partial charge in [0.25, 0.3) is 5.91 Å². The van der Waals surface area contributed by atoms with Crippen LogP contribution in [0, 0.1) is 5.82 Å². The van der Waals surface area contributed by atoms with Crippen molar-refractivity contribution in [3.8, 4) is 11.5 Å². The van der Waals surface area contributed by atoms with E-state index in [-0.39, 0.29) is 18.5 Å². The van der Waals surface area contributed by atoms with Crippen LogP contribution in [0.2, 0.25) is 0 Å². The number of piperazine rings is 1. The number of nitrogens with zero attached hydrogens (tertiary/aromatic N) is 1. The maximum atomic E-state index is 13.3. The zero-order valence-corrected chi connectivity index (χ0v) is 13.8. The maximum Gasteiger partial charge on any atom is 0.254 e. The van der Waals surface area contributed by atoms with E-state index in [4.69, 9.17) is 9.47 Å². The van der Waals surface area contributed by atoms with Crippen molar-refractivity contribution in [2.24, 2.45) is 0 Å². The van der Waals surface area contributed by atoms with Gasteiger partial charge in [-0.2, -0.15) is 0 Å². The zero-order valence-electron chi connectivity index (χ0n) is 13.8. The van der Waals surface area contributed by atoms with E-state index < -0.39 is 0 Å². The lowest BCUT2D eigenvalue weighted by molar-refractivity contribution is -0.917. The Bertz CT molecular complexity index is 788. The van der Waals surface area contributed by atoms with Gasteiger partial charge in [0.05, 0.1) is 26.2 Å². The topological polar surface area (TPSA) is 43.2 Å². The number of carbonyl (C=O) groups is 1. The first-order valence-corrected chi connectivity index (χ1v) is 8.46. The van der Waals surface area contributed by atoms with Gasteiger partial charge in [0, 0.05) is 11.1 Å². The van der Waals surface area contributed by atoms with Crippen LogP contribution < -0.4 is 14.4 Å². The van der Waals surface area contributed by atoms with Gasteiger partial charge in [-0.25, -0.2) is 4.39 Å². The Morgan fingerprint density at radius 3 is 2.68 bits per heavy atom. The molecule has 0 aromatic heterocycles. The fourth-order valence-electron chi connectivity index (χ4n) is 3.35. The van der Waals surface area contributed by atoms with Crippen molar-refractivity contribution in [2.75, 3.05) is 33.0 Å². The van der Waals surface area contributed by atoms with E-state index in [9.17, 15) is 9.18 Å². The first kappa shape index (κ1) is 15.9. The average molecular weight is 343 g/mol. The average Bonchev–Trinajstić information content (AvgIpc) is 3.09. The fraction of sp³-hybridized carbons (Fsp3) is 0.316. The molecule has 0 unspecified atom stereocenters. The molecule has 6 heteroatoms. The highest BCUT2D eigenvalue weighted by Gasteiger charge is 2.25. The molecule has 0 spiro atoms. The Morgan fingerprint density at radius 1 is 1.08 bits per heavy atom. The summed E-state index contributed by atoms with van der Waals surface area (Å²) in [7, 11) is 0. The highest BCUT2D eigenvalue weighted by molar-refractivity contribution is 5.94. The molecule has 2 aliphatic rings. The predicted molar refractivity (Wildman–Crippen MR) is 89.3 cm³/mol. The number of ether oxygens (including phenoxy) is 2. The number of amides is 1. The van der Waals surface area contributed by atoms with Gasteiger partial charge in [-0.1, -0.05) is 6.07 Å². The van der Waals surface area contributed by atoms with E-state index in [1.54, 1.807) is 17.0 Å². The van der Waals surface area contributed by atoms with E-state index in [1.165, 1.54) is 22.6 Å². The van der Waals surface area contributed by atoms with E-state index in [2.05, 4.69) is 6.07 Å².